The monoisotopic (exact) mass is 201 g/mol. The molecular formula is C10H19NO3. The van der Waals surface area contributed by atoms with Gasteiger partial charge in [0.15, 0.2) is 0 Å². The summed E-state index contributed by atoms with van der Waals surface area (Å²) >= 11 is 0. The van der Waals surface area contributed by atoms with Crippen LogP contribution in [0.4, 0.5) is 0 Å². The molecule has 0 atom stereocenters. The molecule has 1 saturated carbocycles. The molecule has 1 fully saturated rings. The molecule has 0 unspecified atom stereocenters. The van der Waals surface area contributed by atoms with E-state index < -0.39 is 0 Å². The summed E-state index contributed by atoms with van der Waals surface area (Å²) in [6.07, 6.45) is 3.29. The lowest BCUT2D eigenvalue weighted by molar-refractivity contribution is -0.128. The van der Waals surface area contributed by atoms with Crippen LogP contribution >= 0.6 is 0 Å². The van der Waals surface area contributed by atoms with Crippen LogP contribution in [-0.2, 0) is 9.53 Å². The molecule has 0 aliphatic heterocycles. The van der Waals surface area contributed by atoms with Gasteiger partial charge in [0.1, 0.15) is 6.61 Å². The fraction of sp³-hybridized carbons (Fsp3) is 0.900. The maximum absolute atomic E-state index is 11.1. The third-order valence-corrected chi connectivity index (χ3v) is 2.47. The fourth-order valence-electron chi connectivity index (χ4n) is 1.65. The van der Waals surface area contributed by atoms with Crippen LogP contribution in [0.1, 0.15) is 32.6 Å². The Balaban J connectivity index is 2.09. The third kappa shape index (κ3) is 4.07. The van der Waals surface area contributed by atoms with Gasteiger partial charge in [-0.3, -0.25) is 4.79 Å². The van der Waals surface area contributed by atoms with Crippen LogP contribution in [0.2, 0.25) is 0 Å². The molecule has 0 aromatic carbocycles. The number of likely N-dealkylation sites (N-methyl/N-ethyl adjacent to an activating group) is 1. The Bertz CT molecular complexity index is 176. The van der Waals surface area contributed by atoms with Gasteiger partial charge in [0, 0.05) is 6.54 Å². The molecule has 14 heavy (non-hydrogen) atoms. The van der Waals surface area contributed by atoms with Gasteiger partial charge in [-0.25, -0.2) is 0 Å². The first kappa shape index (κ1) is 11.5. The molecule has 0 saturated heterocycles. The summed E-state index contributed by atoms with van der Waals surface area (Å²) in [6, 6.07) is 0. The first-order chi connectivity index (χ1) is 6.72. The van der Waals surface area contributed by atoms with E-state index in [-0.39, 0.29) is 24.7 Å². The zero-order valence-corrected chi connectivity index (χ0v) is 8.66. The number of hydrogen-bond donors (Lipinski definition) is 2. The van der Waals surface area contributed by atoms with E-state index in [2.05, 4.69) is 5.32 Å². The number of aliphatic hydroxyl groups is 1. The molecule has 0 aromatic heterocycles. The zero-order valence-electron chi connectivity index (χ0n) is 8.66. The minimum atomic E-state index is -0.167. The van der Waals surface area contributed by atoms with Crippen molar-refractivity contribution in [1.82, 2.24) is 5.32 Å². The van der Waals surface area contributed by atoms with E-state index in [1.807, 2.05) is 6.92 Å². The lowest BCUT2D eigenvalue weighted by atomic mass is 9.95. The number of hydrogen-bond acceptors (Lipinski definition) is 3. The first-order valence-corrected chi connectivity index (χ1v) is 5.28. The normalized spacial score (nSPS) is 27.3. The van der Waals surface area contributed by atoms with Crippen molar-refractivity contribution in [3.05, 3.63) is 0 Å². The molecule has 0 aromatic rings. The summed E-state index contributed by atoms with van der Waals surface area (Å²) in [7, 11) is 0. The van der Waals surface area contributed by atoms with Crippen LogP contribution in [0.3, 0.4) is 0 Å². The van der Waals surface area contributed by atoms with E-state index >= 15 is 0 Å². The predicted octanol–water partition coefficient (Wildman–Crippen LogP) is 0.443. The number of carbonyl (C=O) groups is 1. The van der Waals surface area contributed by atoms with Crippen molar-refractivity contribution in [2.24, 2.45) is 0 Å². The smallest absolute Gasteiger partial charge is 0.246 e. The number of carbonyl (C=O) groups excluding carboxylic acids is 1. The molecule has 1 aliphatic carbocycles. The highest BCUT2D eigenvalue weighted by atomic mass is 16.5. The van der Waals surface area contributed by atoms with E-state index in [0.29, 0.717) is 6.54 Å². The summed E-state index contributed by atoms with van der Waals surface area (Å²) in [4.78, 5) is 11.1. The largest absolute Gasteiger partial charge is 0.393 e. The Labute approximate surface area is 84.6 Å². The minimum Gasteiger partial charge on any atom is -0.393 e. The average Bonchev–Trinajstić information content (AvgIpc) is 2.17. The average molecular weight is 201 g/mol. The third-order valence-electron chi connectivity index (χ3n) is 2.47. The molecule has 0 radical (unpaired) electrons. The Morgan fingerprint density at radius 2 is 2.07 bits per heavy atom. The van der Waals surface area contributed by atoms with Gasteiger partial charge in [-0.1, -0.05) is 0 Å². The minimum absolute atomic E-state index is 0.0568. The SMILES string of the molecule is CCNC(=O)COC1CCC(O)CC1. The first-order valence-electron chi connectivity index (χ1n) is 5.28. The fourth-order valence-corrected chi connectivity index (χ4v) is 1.65. The molecule has 1 aliphatic rings. The standard InChI is InChI=1S/C10H19NO3/c1-2-11-10(13)7-14-9-5-3-8(12)4-6-9/h8-9,12H,2-7H2,1H3,(H,11,13). The summed E-state index contributed by atoms with van der Waals surface area (Å²) in [5, 5.41) is 11.9. The highest BCUT2D eigenvalue weighted by Gasteiger charge is 2.20. The van der Waals surface area contributed by atoms with Crippen molar-refractivity contribution >= 4 is 5.91 Å². The van der Waals surface area contributed by atoms with E-state index in [9.17, 15) is 9.90 Å². The molecule has 0 bridgehead atoms. The van der Waals surface area contributed by atoms with Crippen LogP contribution in [-0.4, -0.2) is 36.4 Å². The molecule has 2 N–H and O–H groups in total. The molecule has 4 heteroatoms. The number of ether oxygens (including phenoxy) is 1. The molecule has 1 rings (SSSR count). The molecule has 0 spiro atoms. The summed E-state index contributed by atoms with van der Waals surface area (Å²) in [5.41, 5.74) is 0. The van der Waals surface area contributed by atoms with Crippen molar-refractivity contribution in [1.29, 1.82) is 0 Å². The van der Waals surface area contributed by atoms with Gasteiger partial charge in [0.2, 0.25) is 5.91 Å². The Morgan fingerprint density at radius 3 is 2.64 bits per heavy atom. The second kappa shape index (κ2) is 5.98. The van der Waals surface area contributed by atoms with Gasteiger partial charge in [-0.15, -0.1) is 0 Å². The van der Waals surface area contributed by atoms with E-state index in [0.717, 1.165) is 25.7 Å². The van der Waals surface area contributed by atoms with Crippen molar-refractivity contribution in [3.8, 4) is 0 Å². The summed E-state index contributed by atoms with van der Waals surface area (Å²) in [5.74, 6) is -0.0568. The van der Waals surface area contributed by atoms with Crippen LogP contribution < -0.4 is 5.32 Å². The number of rotatable bonds is 4. The summed E-state index contributed by atoms with van der Waals surface area (Å²) < 4.78 is 5.42. The van der Waals surface area contributed by atoms with E-state index in [1.54, 1.807) is 0 Å². The number of aliphatic hydroxyl groups excluding tert-OH is 1. The predicted molar refractivity (Wildman–Crippen MR) is 52.9 cm³/mol. The Hall–Kier alpha value is -0.610. The van der Waals surface area contributed by atoms with E-state index in [1.165, 1.54) is 0 Å². The molecular weight excluding hydrogens is 182 g/mol. The van der Waals surface area contributed by atoms with Crippen molar-refractivity contribution < 1.29 is 14.6 Å². The molecule has 1 amide bonds. The molecule has 82 valence electrons. The highest BCUT2D eigenvalue weighted by molar-refractivity contribution is 5.77. The van der Waals surface area contributed by atoms with Crippen LogP contribution in [0.25, 0.3) is 0 Å². The van der Waals surface area contributed by atoms with Gasteiger partial charge in [-0.2, -0.15) is 0 Å². The number of amides is 1. The summed E-state index contributed by atoms with van der Waals surface area (Å²) in [6.45, 7) is 2.68. The van der Waals surface area contributed by atoms with Gasteiger partial charge in [0.25, 0.3) is 0 Å². The topological polar surface area (TPSA) is 58.6 Å². The van der Waals surface area contributed by atoms with E-state index in [4.69, 9.17) is 4.74 Å². The van der Waals surface area contributed by atoms with Crippen molar-refractivity contribution in [3.63, 3.8) is 0 Å². The number of nitrogens with one attached hydrogen (secondary N) is 1. The van der Waals surface area contributed by atoms with Gasteiger partial charge in [-0.05, 0) is 32.6 Å². The van der Waals surface area contributed by atoms with Crippen LogP contribution in [0, 0.1) is 0 Å². The molecule has 4 nitrogen and oxygen atoms in total. The van der Waals surface area contributed by atoms with Crippen molar-refractivity contribution in [2.75, 3.05) is 13.2 Å². The zero-order chi connectivity index (χ0) is 10.4. The Kier molecular flexibility index (Phi) is 4.90. The second-order valence-corrected chi connectivity index (χ2v) is 3.70. The highest BCUT2D eigenvalue weighted by Crippen LogP contribution is 2.20. The van der Waals surface area contributed by atoms with Crippen LogP contribution in [0.5, 0.6) is 0 Å². The van der Waals surface area contributed by atoms with Crippen molar-refractivity contribution in [2.45, 2.75) is 44.8 Å². The van der Waals surface area contributed by atoms with Gasteiger partial charge in [0.05, 0.1) is 12.2 Å². The van der Waals surface area contributed by atoms with Gasteiger partial charge < -0.3 is 15.2 Å². The maximum Gasteiger partial charge on any atom is 0.246 e. The van der Waals surface area contributed by atoms with Gasteiger partial charge >= 0.3 is 0 Å². The maximum atomic E-state index is 11.1. The Morgan fingerprint density at radius 1 is 1.43 bits per heavy atom. The second-order valence-electron chi connectivity index (χ2n) is 3.70. The quantitative estimate of drug-likeness (QED) is 0.694. The lowest BCUT2D eigenvalue weighted by Crippen LogP contribution is -2.31. The lowest BCUT2D eigenvalue weighted by Gasteiger charge is -2.25. The van der Waals surface area contributed by atoms with Crippen LogP contribution in [0.15, 0.2) is 0 Å². The molecule has 0 heterocycles.